The average Bonchev–Trinajstić information content (AvgIpc) is 2.54. The van der Waals surface area contributed by atoms with Crippen molar-refractivity contribution in [3.63, 3.8) is 0 Å². The number of benzene rings is 2. The Kier molecular flexibility index (Phi) is 6.27. The fraction of sp³-hybridized carbons (Fsp3) is 0.235. The summed E-state index contributed by atoms with van der Waals surface area (Å²) < 4.78 is 30.2. The van der Waals surface area contributed by atoms with Crippen LogP contribution < -0.4 is 14.8 Å². The number of hydrogen-bond acceptors (Lipinski definition) is 4. The van der Waals surface area contributed by atoms with Crippen LogP contribution >= 0.6 is 11.6 Å². The van der Waals surface area contributed by atoms with Crippen molar-refractivity contribution < 1.29 is 17.9 Å². The van der Waals surface area contributed by atoms with Gasteiger partial charge in [0, 0.05) is 12.1 Å². The summed E-state index contributed by atoms with van der Waals surface area (Å²) in [5.41, 5.74) is 1.47. The molecule has 2 aromatic carbocycles. The van der Waals surface area contributed by atoms with Gasteiger partial charge in [0.2, 0.25) is 10.0 Å². The Labute approximate surface area is 152 Å². The van der Waals surface area contributed by atoms with E-state index in [-0.39, 0.29) is 16.6 Å². The third-order valence-electron chi connectivity index (χ3n) is 3.19. The molecule has 0 atom stereocenters. The van der Waals surface area contributed by atoms with E-state index < -0.39 is 10.0 Å². The number of nitrogens with one attached hydrogen (secondary N) is 2. The summed E-state index contributed by atoms with van der Waals surface area (Å²) in [6.45, 7) is 2.81. The Morgan fingerprint density at radius 3 is 2.60 bits per heavy atom. The van der Waals surface area contributed by atoms with Crippen molar-refractivity contribution in [2.45, 2.75) is 13.5 Å². The fourth-order valence-electron chi connectivity index (χ4n) is 2.14. The maximum absolute atomic E-state index is 12.2. The molecule has 8 heteroatoms. The molecule has 6 nitrogen and oxygen atoms in total. The quantitative estimate of drug-likeness (QED) is 0.770. The lowest BCUT2D eigenvalue weighted by atomic mass is 10.1. The third kappa shape index (κ3) is 5.95. The zero-order valence-electron chi connectivity index (χ0n) is 13.9. The minimum absolute atomic E-state index is 0.149. The highest BCUT2D eigenvalue weighted by molar-refractivity contribution is 7.92. The molecule has 0 aliphatic carbocycles. The van der Waals surface area contributed by atoms with Gasteiger partial charge in [-0.25, -0.2) is 8.42 Å². The van der Waals surface area contributed by atoms with E-state index in [2.05, 4.69) is 10.0 Å². The standard InChI is InChI=1S/C17H19ClN2O4S/c1-3-24-14-6-4-5-12(9-14)11-19-17(21)13-7-8-16(15(18)10-13)20-25(2,22)23/h4-10,20H,3,11H2,1-2H3,(H,19,21). The van der Waals surface area contributed by atoms with E-state index in [1.165, 1.54) is 18.2 Å². The largest absolute Gasteiger partial charge is 0.494 e. The van der Waals surface area contributed by atoms with Crippen LogP contribution in [-0.2, 0) is 16.6 Å². The Balaban J connectivity index is 2.03. The van der Waals surface area contributed by atoms with Crippen LogP contribution in [0.5, 0.6) is 5.75 Å². The number of carbonyl (C=O) groups is 1. The summed E-state index contributed by atoms with van der Waals surface area (Å²) in [7, 11) is -3.43. The van der Waals surface area contributed by atoms with Gasteiger partial charge in [-0.1, -0.05) is 23.7 Å². The van der Waals surface area contributed by atoms with Crippen molar-refractivity contribution in [3.05, 3.63) is 58.6 Å². The van der Waals surface area contributed by atoms with Crippen LogP contribution in [-0.4, -0.2) is 27.2 Å². The zero-order valence-corrected chi connectivity index (χ0v) is 15.4. The van der Waals surface area contributed by atoms with Crippen molar-refractivity contribution in [1.82, 2.24) is 5.32 Å². The van der Waals surface area contributed by atoms with Crippen LogP contribution in [0.25, 0.3) is 0 Å². The van der Waals surface area contributed by atoms with Gasteiger partial charge in [0.1, 0.15) is 5.75 Å². The van der Waals surface area contributed by atoms with Crippen molar-refractivity contribution in [2.24, 2.45) is 0 Å². The molecule has 0 aromatic heterocycles. The topological polar surface area (TPSA) is 84.5 Å². The lowest BCUT2D eigenvalue weighted by Crippen LogP contribution is -2.22. The van der Waals surface area contributed by atoms with E-state index in [0.717, 1.165) is 17.6 Å². The zero-order chi connectivity index (χ0) is 18.4. The predicted octanol–water partition coefficient (Wildman–Crippen LogP) is 3.04. The summed E-state index contributed by atoms with van der Waals surface area (Å²) in [6, 6.07) is 11.8. The van der Waals surface area contributed by atoms with Gasteiger partial charge in [-0.05, 0) is 42.8 Å². The second kappa shape index (κ2) is 8.22. The number of sulfonamides is 1. The van der Waals surface area contributed by atoms with Gasteiger partial charge in [0.15, 0.2) is 0 Å². The number of carbonyl (C=O) groups excluding carboxylic acids is 1. The van der Waals surface area contributed by atoms with E-state index in [0.29, 0.717) is 18.7 Å². The number of anilines is 1. The van der Waals surface area contributed by atoms with Crippen LogP contribution in [0.15, 0.2) is 42.5 Å². The summed E-state index contributed by atoms with van der Waals surface area (Å²) >= 11 is 6.03. The summed E-state index contributed by atoms with van der Waals surface area (Å²) in [5, 5.41) is 2.94. The van der Waals surface area contributed by atoms with Gasteiger partial charge < -0.3 is 10.1 Å². The van der Waals surface area contributed by atoms with Gasteiger partial charge in [0.25, 0.3) is 5.91 Å². The molecular formula is C17H19ClN2O4S. The lowest BCUT2D eigenvalue weighted by Gasteiger charge is -2.10. The number of amides is 1. The molecule has 25 heavy (non-hydrogen) atoms. The number of ether oxygens (including phenoxy) is 1. The van der Waals surface area contributed by atoms with Gasteiger partial charge in [0.05, 0.1) is 23.6 Å². The normalized spacial score (nSPS) is 11.0. The fourth-order valence-corrected chi connectivity index (χ4v) is 3.00. The molecule has 0 saturated carbocycles. The molecule has 0 fully saturated rings. The SMILES string of the molecule is CCOc1cccc(CNC(=O)c2ccc(NS(C)(=O)=O)c(Cl)c2)c1. The van der Waals surface area contributed by atoms with Crippen molar-refractivity contribution in [1.29, 1.82) is 0 Å². The van der Waals surface area contributed by atoms with Crippen LogP contribution in [0.1, 0.15) is 22.8 Å². The predicted molar refractivity (Wildman–Crippen MR) is 98.7 cm³/mol. The van der Waals surface area contributed by atoms with Gasteiger partial charge >= 0.3 is 0 Å². The second-order valence-electron chi connectivity index (χ2n) is 5.33. The Morgan fingerprint density at radius 2 is 1.96 bits per heavy atom. The molecule has 1 amide bonds. The van der Waals surface area contributed by atoms with Crippen molar-refractivity contribution in [3.8, 4) is 5.75 Å². The Bertz CT molecular complexity index is 869. The molecule has 0 aliphatic heterocycles. The first-order valence-corrected chi connectivity index (χ1v) is 9.82. The molecule has 0 heterocycles. The van der Waals surface area contributed by atoms with E-state index in [1.54, 1.807) is 0 Å². The van der Waals surface area contributed by atoms with E-state index in [9.17, 15) is 13.2 Å². The van der Waals surface area contributed by atoms with Crippen LogP contribution in [0, 0.1) is 0 Å². The Morgan fingerprint density at radius 1 is 1.20 bits per heavy atom. The van der Waals surface area contributed by atoms with Crippen molar-refractivity contribution in [2.75, 3.05) is 17.6 Å². The van der Waals surface area contributed by atoms with E-state index in [4.69, 9.17) is 16.3 Å². The number of hydrogen-bond donors (Lipinski definition) is 2. The van der Waals surface area contributed by atoms with E-state index in [1.807, 2.05) is 31.2 Å². The highest BCUT2D eigenvalue weighted by atomic mass is 35.5. The molecule has 0 aliphatic rings. The van der Waals surface area contributed by atoms with E-state index >= 15 is 0 Å². The van der Waals surface area contributed by atoms with Crippen LogP contribution in [0.3, 0.4) is 0 Å². The van der Waals surface area contributed by atoms with Crippen LogP contribution in [0.4, 0.5) is 5.69 Å². The maximum Gasteiger partial charge on any atom is 0.251 e. The third-order valence-corrected chi connectivity index (χ3v) is 4.09. The highest BCUT2D eigenvalue weighted by Gasteiger charge is 2.11. The smallest absolute Gasteiger partial charge is 0.251 e. The number of rotatable bonds is 7. The molecule has 2 aromatic rings. The van der Waals surface area contributed by atoms with Gasteiger partial charge in [-0.3, -0.25) is 9.52 Å². The molecular weight excluding hydrogens is 364 g/mol. The molecule has 0 bridgehead atoms. The molecule has 2 rings (SSSR count). The average molecular weight is 383 g/mol. The lowest BCUT2D eigenvalue weighted by molar-refractivity contribution is 0.0951. The van der Waals surface area contributed by atoms with Crippen molar-refractivity contribution >= 4 is 33.2 Å². The molecule has 2 N–H and O–H groups in total. The minimum Gasteiger partial charge on any atom is -0.494 e. The van der Waals surface area contributed by atoms with Gasteiger partial charge in [-0.2, -0.15) is 0 Å². The first kappa shape index (κ1) is 19.1. The molecule has 0 saturated heterocycles. The number of halogens is 1. The second-order valence-corrected chi connectivity index (χ2v) is 7.49. The molecule has 0 spiro atoms. The maximum atomic E-state index is 12.2. The molecule has 0 unspecified atom stereocenters. The minimum atomic E-state index is -3.43. The molecule has 0 radical (unpaired) electrons. The summed E-state index contributed by atoms with van der Waals surface area (Å²) in [5.74, 6) is 0.433. The summed E-state index contributed by atoms with van der Waals surface area (Å²) in [6.07, 6.45) is 1.03. The molecule has 134 valence electrons. The van der Waals surface area contributed by atoms with Gasteiger partial charge in [-0.15, -0.1) is 0 Å². The summed E-state index contributed by atoms with van der Waals surface area (Å²) in [4.78, 5) is 12.2. The Hall–Kier alpha value is -2.25. The first-order chi connectivity index (χ1) is 11.8. The first-order valence-electron chi connectivity index (χ1n) is 7.56. The monoisotopic (exact) mass is 382 g/mol. The highest BCUT2D eigenvalue weighted by Crippen LogP contribution is 2.24. The van der Waals surface area contributed by atoms with Crippen LogP contribution in [0.2, 0.25) is 5.02 Å².